The number of rotatable bonds is 7. The van der Waals surface area contributed by atoms with E-state index in [0.717, 1.165) is 0 Å². The van der Waals surface area contributed by atoms with Gasteiger partial charge in [-0.15, -0.1) is 5.10 Å². The average molecular weight is 347 g/mol. The van der Waals surface area contributed by atoms with Crippen LogP contribution in [0.5, 0.6) is 11.5 Å². The fourth-order valence-electron chi connectivity index (χ4n) is 1.97. The summed E-state index contributed by atoms with van der Waals surface area (Å²) in [6, 6.07) is 5.06. The van der Waals surface area contributed by atoms with Crippen LogP contribution in [0, 0.1) is 5.92 Å². The predicted molar refractivity (Wildman–Crippen MR) is 91.7 cm³/mol. The Hall–Kier alpha value is -3.10. The van der Waals surface area contributed by atoms with E-state index in [-0.39, 0.29) is 24.3 Å². The molecular weight excluding hydrogens is 326 g/mol. The zero-order valence-electron chi connectivity index (χ0n) is 14.6. The Morgan fingerprint density at radius 3 is 2.52 bits per heavy atom. The van der Waals surface area contributed by atoms with Crippen molar-refractivity contribution in [2.75, 3.05) is 24.9 Å². The van der Waals surface area contributed by atoms with Crippen LogP contribution in [0.15, 0.2) is 24.4 Å². The van der Waals surface area contributed by atoms with E-state index < -0.39 is 0 Å². The molecule has 1 aromatic carbocycles. The molecule has 0 spiro atoms. The van der Waals surface area contributed by atoms with Crippen molar-refractivity contribution in [3.8, 4) is 11.5 Å². The van der Waals surface area contributed by atoms with Crippen LogP contribution >= 0.6 is 0 Å². The number of benzene rings is 1. The van der Waals surface area contributed by atoms with Gasteiger partial charge in [-0.3, -0.25) is 9.59 Å². The molecule has 0 saturated heterocycles. The lowest BCUT2D eigenvalue weighted by molar-refractivity contribution is -0.119. The Morgan fingerprint density at radius 1 is 1.16 bits per heavy atom. The normalized spacial score (nSPS) is 10.4. The van der Waals surface area contributed by atoms with E-state index in [1.807, 2.05) is 0 Å². The third-order valence-electron chi connectivity index (χ3n) is 3.29. The zero-order chi connectivity index (χ0) is 18.4. The maximum Gasteiger partial charge on any atom is 0.246 e. The first-order valence-electron chi connectivity index (χ1n) is 7.65. The summed E-state index contributed by atoms with van der Waals surface area (Å²) in [6.07, 6.45) is 1.49. The van der Waals surface area contributed by atoms with Gasteiger partial charge in [0.25, 0.3) is 0 Å². The molecule has 0 atom stereocenters. The summed E-state index contributed by atoms with van der Waals surface area (Å²) in [7, 11) is 3.06. The molecule has 2 N–H and O–H groups in total. The standard InChI is InChI=1S/C16H21N5O4/c1-10(2)16(23)18-14-8-21(20-19-14)9-15(22)17-11-5-6-12(24-3)13(7-11)25-4/h5-8,10H,9H2,1-4H3,(H,17,22)(H,18,23). The lowest BCUT2D eigenvalue weighted by atomic mass is 10.2. The molecule has 0 aliphatic rings. The van der Waals surface area contributed by atoms with Gasteiger partial charge in [0.15, 0.2) is 17.3 Å². The van der Waals surface area contributed by atoms with Crippen LogP contribution in [0.2, 0.25) is 0 Å². The van der Waals surface area contributed by atoms with Gasteiger partial charge in [-0.1, -0.05) is 19.1 Å². The quantitative estimate of drug-likeness (QED) is 0.786. The van der Waals surface area contributed by atoms with Crippen LogP contribution in [0.1, 0.15) is 13.8 Å². The van der Waals surface area contributed by atoms with Gasteiger partial charge in [0.05, 0.1) is 20.4 Å². The summed E-state index contributed by atoms with van der Waals surface area (Å²) in [5.41, 5.74) is 0.566. The van der Waals surface area contributed by atoms with Crippen LogP contribution in [0.25, 0.3) is 0 Å². The number of ether oxygens (including phenoxy) is 2. The Morgan fingerprint density at radius 2 is 1.88 bits per heavy atom. The lowest BCUT2D eigenvalue weighted by Crippen LogP contribution is -2.19. The second kappa shape index (κ2) is 8.13. The topological polar surface area (TPSA) is 107 Å². The SMILES string of the molecule is COc1ccc(NC(=O)Cn2cc(NC(=O)C(C)C)nn2)cc1OC. The highest BCUT2D eigenvalue weighted by atomic mass is 16.5. The molecular formula is C16H21N5O4. The third kappa shape index (κ3) is 4.93. The lowest BCUT2D eigenvalue weighted by Gasteiger charge is -2.10. The number of carbonyl (C=O) groups is 2. The Kier molecular flexibility index (Phi) is 5.93. The highest BCUT2D eigenvalue weighted by Crippen LogP contribution is 2.29. The molecule has 134 valence electrons. The van der Waals surface area contributed by atoms with E-state index >= 15 is 0 Å². The van der Waals surface area contributed by atoms with Crippen molar-refractivity contribution >= 4 is 23.3 Å². The molecule has 0 fully saturated rings. The second-order valence-corrected chi connectivity index (χ2v) is 5.56. The van der Waals surface area contributed by atoms with Crippen LogP contribution in [0.3, 0.4) is 0 Å². The Balaban J connectivity index is 1.96. The molecule has 0 unspecified atom stereocenters. The predicted octanol–water partition coefficient (Wildman–Crippen LogP) is 1.53. The Labute approximate surface area is 145 Å². The molecule has 9 nitrogen and oxygen atoms in total. The number of hydrogen-bond donors (Lipinski definition) is 2. The number of hydrogen-bond acceptors (Lipinski definition) is 6. The molecule has 0 aliphatic carbocycles. The van der Waals surface area contributed by atoms with E-state index in [4.69, 9.17) is 9.47 Å². The summed E-state index contributed by atoms with van der Waals surface area (Å²) in [6.45, 7) is 3.51. The van der Waals surface area contributed by atoms with Gasteiger partial charge in [-0.2, -0.15) is 0 Å². The maximum absolute atomic E-state index is 12.1. The van der Waals surface area contributed by atoms with Crippen molar-refractivity contribution in [3.63, 3.8) is 0 Å². The average Bonchev–Trinajstić information content (AvgIpc) is 3.01. The zero-order valence-corrected chi connectivity index (χ0v) is 14.6. The summed E-state index contributed by atoms with van der Waals surface area (Å²) < 4.78 is 11.7. The molecule has 2 rings (SSSR count). The van der Waals surface area contributed by atoms with Crippen LogP contribution in [-0.2, 0) is 16.1 Å². The van der Waals surface area contributed by atoms with Gasteiger partial charge in [-0.25, -0.2) is 4.68 Å². The van der Waals surface area contributed by atoms with E-state index in [9.17, 15) is 9.59 Å². The first-order chi connectivity index (χ1) is 11.9. The van der Waals surface area contributed by atoms with E-state index in [1.165, 1.54) is 25.1 Å². The minimum atomic E-state index is -0.293. The molecule has 1 aromatic heterocycles. The summed E-state index contributed by atoms with van der Waals surface area (Å²) in [5, 5.41) is 13.0. The first-order valence-corrected chi connectivity index (χ1v) is 7.65. The van der Waals surface area contributed by atoms with Crippen LogP contribution < -0.4 is 20.1 Å². The minimum absolute atomic E-state index is 0.0428. The molecule has 9 heteroatoms. The molecule has 25 heavy (non-hydrogen) atoms. The van der Waals surface area contributed by atoms with Gasteiger partial charge in [0.1, 0.15) is 6.54 Å². The summed E-state index contributed by atoms with van der Waals surface area (Å²) in [4.78, 5) is 23.7. The van der Waals surface area contributed by atoms with Crippen LogP contribution in [-0.4, -0.2) is 41.0 Å². The molecule has 2 aromatic rings. The number of methoxy groups -OCH3 is 2. The highest BCUT2D eigenvalue weighted by Gasteiger charge is 2.12. The third-order valence-corrected chi connectivity index (χ3v) is 3.29. The molecule has 2 amide bonds. The van der Waals surface area contributed by atoms with Crippen molar-refractivity contribution in [2.24, 2.45) is 5.92 Å². The summed E-state index contributed by atoms with van der Waals surface area (Å²) in [5.74, 6) is 0.763. The molecule has 1 heterocycles. The smallest absolute Gasteiger partial charge is 0.246 e. The van der Waals surface area contributed by atoms with E-state index in [0.29, 0.717) is 23.0 Å². The van der Waals surface area contributed by atoms with Crippen molar-refractivity contribution < 1.29 is 19.1 Å². The molecule has 0 bridgehead atoms. The van der Waals surface area contributed by atoms with Crippen molar-refractivity contribution in [1.29, 1.82) is 0 Å². The van der Waals surface area contributed by atoms with Gasteiger partial charge >= 0.3 is 0 Å². The van der Waals surface area contributed by atoms with Crippen molar-refractivity contribution in [2.45, 2.75) is 20.4 Å². The largest absolute Gasteiger partial charge is 0.493 e. The molecule has 0 saturated carbocycles. The van der Waals surface area contributed by atoms with Crippen LogP contribution in [0.4, 0.5) is 11.5 Å². The van der Waals surface area contributed by atoms with Crippen molar-refractivity contribution in [1.82, 2.24) is 15.0 Å². The second-order valence-electron chi connectivity index (χ2n) is 5.56. The molecule has 0 aliphatic heterocycles. The number of anilines is 2. The molecule has 0 radical (unpaired) electrons. The Bertz CT molecular complexity index is 757. The monoisotopic (exact) mass is 347 g/mol. The number of carbonyl (C=O) groups excluding carboxylic acids is 2. The van der Waals surface area contributed by atoms with E-state index in [1.54, 1.807) is 32.0 Å². The number of aromatic nitrogens is 3. The van der Waals surface area contributed by atoms with Crippen molar-refractivity contribution in [3.05, 3.63) is 24.4 Å². The number of nitrogens with zero attached hydrogens (tertiary/aromatic N) is 3. The first kappa shape index (κ1) is 18.2. The number of nitrogens with one attached hydrogen (secondary N) is 2. The fourth-order valence-corrected chi connectivity index (χ4v) is 1.97. The fraction of sp³-hybridized carbons (Fsp3) is 0.375. The minimum Gasteiger partial charge on any atom is -0.493 e. The van der Waals surface area contributed by atoms with Gasteiger partial charge in [-0.05, 0) is 12.1 Å². The van der Waals surface area contributed by atoms with Gasteiger partial charge in [0.2, 0.25) is 11.8 Å². The van der Waals surface area contributed by atoms with Gasteiger partial charge in [0, 0.05) is 17.7 Å². The maximum atomic E-state index is 12.1. The highest BCUT2D eigenvalue weighted by molar-refractivity contribution is 5.92. The van der Waals surface area contributed by atoms with Gasteiger partial charge < -0.3 is 20.1 Å². The number of amides is 2. The summed E-state index contributed by atoms with van der Waals surface area (Å²) >= 11 is 0. The van der Waals surface area contributed by atoms with E-state index in [2.05, 4.69) is 20.9 Å².